The van der Waals surface area contributed by atoms with E-state index in [-0.39, 0.29) is 12.2 Å². The van der Waals surface area contributed by atoms with E-state index in [9.17, 15) is 17.6 Å². The second-order valence-corrected chi connectivity index (χ2v) is 7.86. The molecule has 0 unspecified atom stereocenters. The smallest absolute Gasteiger partial charge is 0.240 e. The average Bonchev–Trinajstić information content (AvgIpc) is 2.52. The maximum Gasteiger partial charge on any atom is 0.240 e. The largest absolute Gasteiger partial charge is 0.354 e. The summed E-state index contributed by atoms with van der Waals surface area (Å²) in [6.45, 7) is 0.118. The van der Waals surface area contributed by atoms with Crippen molar-refractivity contribution >= 4 is 21.6 Å². The Morgan fingerprint density at radius 3 is 2.75 bits per heavy atom. The van der Waals surface area contributed by atoms with Gasteiger partial charge in [-0.3, -0.25) is 9.10 Å². The van der Waals surface area contributed by atoms with E-state index in [1.165, 1.54) is 36.6 Å². The summed E-state index contributed by atoms with van der Waals surface area (Å²) in [7, 11) is -3.68. The summed E-state index contributed by atoms with van der Waals surface area (Å²) in [5.41, 5.74) is 1.48. The lowest BCUT2D eigenvalue weighted by molar-refractivity contribution is -0.119. The molecule has 0 bridgehead atoms. The van der Waals surface area contributed by atoms with E-state index < -0.39 is 21.7 Å². The molecule has 0 fully saturated rings. The topological polar surface area (TPSA) is 66.5 Å². The monoisotopic (exact) mass is 354 g/mol. The quantitative estimate of drug-likeness (QED) is 0.766. The summed E-state index contributed by atoms with van der Waals surface area (Å²) in [5, 5.41) is 2.74. The molecule has 1 aromatic carbocycles. The molecule has 0 atom stereocenters. The second-order valence-electron chi connectivity index (χ2n) is 5.96. The Labute approximate surface area is 142 Å². The predicted molar refractivity (Wildman–Crippen MR) is 92.8 cm³/mol. The molecule has 2 rings (SSSR count). The van der Waals surface area contributed by atoms with Crippen LogP contribution < -0.4 is 9.62 Å². The number of hydrogen-bond acceptors (Lipinski definition) is 3. The second kappa shape index (κ2) is 8.28. The molecule has 1 aliphatic carbocycles. The van der Waals surface area contributed by atoms with E-state index in [0.717, 1.165) is 35.9 Å². The van der Waals surface area contributed by atoms with Crippen molar-refractivity contribution in [1.29, 1.82) is 0 Å². The molecule has 0 aromatic heterocycles. The lowest BCUT2D eigenvalue weighted by Crippen LogP contribution is -2.40. The van der Waals surface area contributed by atoms with Gasteiger partial charge in [0.15, 0.2) is 0 Å². The normalized spacial score (nSPS) is 14.8. The number of amides is 1. The van der Waals surface area contributed by atoms with E-state index in [1.54, 1.807) is 0 Å². The van der Waals surface area contributed by atoms with Gasteiger partial charge in [0.25, 0.3) is 0 Å². The first-order valence-electron chi connectivity index (χ1n) is 8.04. The van der Waals surface area contributed by atoms with Crippen molar-refractivity contribution in [2.24, 2.45) is 0 Å². The molecule has 1 aliphatic rings. The number of carbonyl (C=O) groups excluding carboxylic acids is 1. The Bertz CT molecular complexity index is 716. The molecule has 24 heavy (non-hydrogen) atoms. The van der Waals surface area contributed by atoms with Gasteiger partial charge in [0, 0.05) is 6.54 Å². The van der Waals surface area contributed by atoms with Gasteiger partial charge in [-0.25, -0.2) is 12.8 Å². The first-order chi connectivity index (χ1) is 11.4. The van der Waals surface area contributed by atoms with Crippen LogP contribution in [-0.2, 0) is 14.8 Å². The fraction of sp³-hybridized carbons (Fsp3) is 0.471. The van der Waals surface area contributed by atoms with Crippen LogP contribution in [0.3, 0.4) is 0 Å². The highest BCUT2D eigenvalue weighted by Crippen LogP contribution is 2.20. The van der Waals surface area contributed by atoms with Gasteiger partial charge in [-0.1, -0.05) is 17.7 Å². The van der Waals surface area contributed by atoms with Crippen LogP contribution in [0.4, 0.5) is 10.1 Å². The highest BCUT2D eigenvalue weighted by molar-refractivity contribution is 7.92. The van der Waals surface area contributed by atoms with Crippen LogP contribution in [0, 0.1) is 5.82 Å². The van der Waals surface area contributed by atoms with Gasteiger partial charge in [0.2, 0.25) is 15.9 Å². The third-order valence-electron chi connectivity index (χ3n) is 3.94. The number of nitrogens with one attached hydrogen (secondary N) is 1. The lowest BCUT2D eigenvalue weighted by Gasteiger charge is -2.22. The van der Waals surface area contributed by atoms with E-state index in [4.69, 9.17) is 0 Å². The van der Waals surface area contributed by atoms with Crippen LogP contribution in [0.2, 0.25) is 0 Å². The third-order valence-corrected chi connectivity index (χ3v) is 5.08. The summed E-state index contributed by atoms with van der Waals surface area (Å²) in [4.78, 5) is 12.1. The fourth-order valence-corrected chi connectivity index (χ4v) is 3.56. The minimum atomic E-state index is -3.68. The van der Waals surface area contributed by atoms with Gasteiger partial charge < -0.3 is 5.32 Å². The van der Waals surface area contributed by atoms with Gasteiger partial charge in [0.05, 0.1) is 11.9 Å². The first kappa shape index (κ1) is 18.4. The van der Waals surface area contributed by atoms with Crippen molar-refractivity contribution in [2.75, 3.05) is 23.7 Å². The summed E-state index contributed by atoms with van der Waals surface area (Å²) in [6, 6.07) is 5.20. The molecule has 0 saturated carbocycles. The molecule has 0 heterocycles. The molecule has 1 aromatic rings. The zero-order chi connectivity index (χ0) is 17.6. The van der Waals surface area contributed by atoms with Crippen LogP contribution in [0.15, 0.2) is 35.9 Å². The molecule has 0 spiro atoms. The summed E-state index contributed by atoms with van der Waals surface area (Å²) >= 11 is 0. The van der Waals surface area contributed by atoms with E-state index in [1.807, 2.05) is 0 Å². The van der Waals surface area contributed by atoms with E-state index in [0.29, 0.717) is 6.54 Å². The van der Waals surface area contributed by atoms with Crippen LogP contribution in [-0.4, -0.2) is 33.7 Å². The highest BCUT2D eigenvalue weighted by atomic mass is 32.2. The molecular weight excluding hydrogens is 331 g/mol. The van der Waals surface area contributed by atoms with Crippen molar-refractivity contribution in [2.45, 2.75) is 32.1 Å². The predicted octanol–water partition coefficient (Wildman–Crippen LogP) is 2.60. The Kier molecular flexibility index (Phi) is 6.36. The van der Waals surface area contributed by atoms with Gasteiger partial charge >= 0.3 is 0 Å². The Morgan fingerprint density at radius 2 is 2.12 bits per heavy atom. The summed E-state index contributed by atoms with van der Waals surface area (Å²) in [5.74, 6) is -0.952. The molecular formula is C17H23FN2O3S. The van der Waals surface area contributed by atoms with Crippen LogP contribution in [0.1, 0.15) is 32.1 Å². The number of carbonyl (C=O) groups is 1. The van der Waals surface area contributed by atoms with Crippen molar-refractivity contribution < 1.29 is 17.6 Å². The fourth-order valence-electron chi connectivity index (χ4n) is 2.71. The van der Waals surface area contributed by atoms with Crippen LogP contribution in [0.25, 0.3) is 0 Å². The maximum atomic E-state index is 13.3. The molecule has 0 radical (unpaired) electrons. The zero-order valence-corrected chi connectivity index (χ0v) is 14.6. The van der Waals surface area contributed by atoms with E-state index in [2.05, 4.69) is 11.4 Å². The van der Waals surface area contributed by atoms with Gasteiger partial charge in [-0.05, 0) is 50.3 Å². The highest BCUT2D eigenvalue weighted by Gasteiger charge is 2.21. The van der Waals surface area contributed by atoms with E-state index >= 15 is 0 Å². The number of nitrogens with zero attached hydrogens (tertiary/aromatic N) is 1. The van der Waals surface area contributed by atoms with Crippen LogP contribution in [0.5, 0.6) is 0 Å². The van der Waals surface area contributed by atoms with Crippen LogP contribution >= 0.6 is 0 Å². The summed E-state index contributed by atoms with van der Waals surface area (Å²) in [6.07, 6.45) is 8.54. The Balaban J connectivity index is 1.94. The molecule has 5 nitrogen and oxygen atoms in total. The average molecular weight is 354 g/mol. The van der Waals surface area contributed by atoms with Gasteiger partial charge in [0.1, 0.15) is 12.4 Å². The SMILES string of the molecule is CS(=O)(=O)N(CC(=O)NCCC1=CCCCC1)c1cccc(F)c1. The number of sulfonamides is 1. The standard InChI is InChI=1S/C17H23FN2O3S/c1-24(22,23)20(16-9-5-8-15(18)12-16)13-17(21)19-11-10-14-6-3-2-4-7-14/h5-6,8-9,12H,2-4,7,10-11,13H2,1H3,(H,19,21). The van der Waals surface area contributed by atoms with Crippen molar-refractivity contribution in [1.82, 2.24) is 5.32 Å². The molecule has 7 heteroatoms. The molecule has 0 aliphatic heterocycles. The number of rotatable bonds is 7. The number of benzene rings is 1. The van der Waals surface area contributed by atoms with Gasteiger partial charge in [-0.15, -0.1) is 0 Å². The van der Waals surface area contributed by atoms with Crippen molar-refractivity contribution in [3.63, 3.8) is 0 Å². The molecule has 1 N–H and O–H groups in total. The Morgan fingerprint density at radius 1 is 1.33 bits per heavy atom. The first-order valence-corrected chi connectivity index (χ1v) is 9.89. The molecule has 132 valence electrons. The van der Waals surface area contributed by atoms with Gasteiger partial charge in [-0.2, -0.15) is 0 Å². The number of anilines is 1. The number of hydrogen-bond donors (Lipinski definition) is 1. The number of allylic oxidation sites excluding steroid dienone is 1. The molecule has 0 saturated heterocycles. The molecule has 1 amide bonds. The number of halogens is 1. The Hall–Kier alpha value is -1.89. The lowest BCUT2D eigenvalue weighted by atomic mass is 9.97. The minimum Gasteiger partial charge on any atom is -0.354 e. The van der Waals surface area contributed by atoms with Crippen molar-refractivity contribution in [3.05, 3.63) is 41.7 Å². The third kappa shape index (κ3) is 5.63. The zero-order valence-electron chi connectivity index (χ0n) is 13.8. The maximum absolute atomic E-state index is 13.3. The summed E-state index contributed by atoms with van der Waals surface area (Å²) < 4.78 is 38.1. The van der Waals surface area contributed by atoms with Crippen molar-refractivity contribution in [3.8, 4) is 0 Å². The minimum absolute atomic E-state index is 0.141.